The summed E-state index contributed by atoms with van der Waals surface area (Å²) in [6.07, 6.45) is 2.70. The average molecular weight is 239 g/mol. The second-order valence-corrected chi connectivity index (χ2v) is 5.47. The summed E-state index contributed by atoms with van der Waals surface area (Å²) in [4.78, 5) is 4.86. The summed E-state index contributed by atoms with van der Waals surface area (Å²) in [5.74, 6) is 0.878. The summed E-state index contributed by atoms with van der Waals surface area (Å²) in [6, 6.07) is 0. The van der Waals surface area contributed by atoms with Crippen LogP contribution in [0.25, 0.3) is 0 Å². The van der Waals surface area contributed by atoms with Crippen molar-refractivity contribution in [3.63, 3.8) is 0 Å². The Morgan fingerprint density at radius 1 is 1.41 bits per heavy atom. The highest BCUT2D eigenvalue weighted by atomic mass is 15.1. The van der Waals surface area contributed by atoms with Crippen LogP contribution < -0.4 is 5.32 Å². The highest BCUT2D eigenvalue weighted by Gasteiger charge is 2.18. The number of piperidine rings is 1. The molecule has 3 heteroatoms. The Hall–Kier alpha value is -0.380. The molecule has 0 unspecified atom stereocenters. The maximum Gasteiger partial charge on any atom is 0.0199 e. The lowest BCUT2D eigenvalue weighted by atomic mass is 9.96. The average Bonchev–Trinajstić information content (AvgIpc) is 2.29. The number of nitrogens with zero attached hydrogens (tertiary/aromatic N) is 2. The number of likely N-dealkylation sites (N-methyl/N-ethyl adjacent to an activating group) is 2. The zero-order chi connectivity index (χ0) is 12.7. The molecule has 1 aliphatic rings. The first-order valence-electron chi connectivity index (χ1n) is 6.86. The molecule has 1 fully saturated rings. The molecule has 0 radical (unpaired) electrons. The normalized spacial score (nSPS) is 18.8. The minimum absolute atomic E-state index is 0.878. The van der Waals surface area contributed by atoms with Crippen molar-refractivity contribution in [3.8, 4) is 0 Å². The van der Waals surface area contributed by atoms with Crippen LogP contribution in [0, 0.1) is 5.92 Å². The Kier molecular flexibility index (Phi) is 6.78. The Labute approximate surface area is 107 Å². The molecule has 100 valence electrons. The van der Waals surface area contributed by atoms with Crippen molar-refractivity contribution in [3.05, 3.63) is 12.2 Å². The second-order valence-electron chi connectivity index (χ2n) is 5.47. The molecule has 0 aromatic heterocycles. The van der Waals surface area contributed by atoms with Gasteiger partial charge >= 0.3 is 0 Å². The van der Waals surface area contributed by atoms with Gasteiger partial charge in [0.1, 0.15) is 0 Å². The molecule has 0 aromatic rings. The van der Waals surface area contributed by atoms with Crippen molar-refractivity contribution >= 4 is 0 Å². The van der Waals surface area contributed by atoms with Gasteiger partial charge in [0.2, 0.25) is 0 Å². The molecule has 0 aromatic carbocycles. The number of hydrogen-bond acceptors (Lipinski definition) is 3. The smallest absolute Gasteiger partial charge is 0.0199 e. The minimum Gasteiger partial charge on any atom is -0.313 e. The Balaban J connectivity index is 2.15. The van der Waals surface area contributed by atoms with E-state index < -0.39 is 0 Å². The van der Waals surface area contributed by atoms with Crippen LogP contribution in [-0.2, 0) is 0 Å². The van der Waals surface area contributed by atoms with Crippen LogP contribution in [0.1, 0.15) is 19.8 Å². The zero-order valence-electron chi connectivity index (χ0n) is 11.8. The maximum atomic E-state index is 4.12. The molecule has 0 atom stereocenters. The molecule has 0 aliphatic carbocycles. The van der Waals surface area contributed by atoms with Gasteiger partial charge in [0.25, 0.3) is 0 Å². The summed E-state index contributed by atoms with van der Waals surface area (Å²) in [6.45, 7) is 13.0. The molecular formula is C14H29N3. The summed E-state index contributed by atoms with van der Waals surface area (Å²) in [5, 5.41) is 3.33. The summed E-state index contributed by atoms with van der Waals surface area (Å²) in [5.41, 5.74) is 1.29. The van der Waals surface area contributed by atoms with E-state index in [9.17, 15) is 0 Å². The van der Waals surface area contributed by atoms with Gasteiger partial charge in [0, 0.05) is 19.6 Å². The minimum atomic E-state index is 0.878. The van der Waals surface area contributed by atoms with Crippen molar-refractivity contribution in [2.75, 3.05) is 53.4 Å². The lowest BCUT2D eigenvalue weighted by molar-refractivity contribution is 0.181. The van der Waals surface area contributed by atoms with Gasteiger partial charge in [0.15, 0.2) is 0 Å². The highest BCUT2D eigenvalue weighted by molar-refractivity contribution is 4.99. The van der Waals surface area contributed by atoms with E-state index in [1.54, 1.807) is 0 Å². The third kappa shape index (κ3) is 6.20. The van der Waals surface area contributed by atoms with Crippen molar-refractivity contribution in [2.45, 2.75) is 19.8 Å². The van der Waals surface area contributed by atoms with Crippen LogP contribution in [0.5, 0.6) is 0 Å². The van der Waals surface area contributed by atoms with E-state index in [1.165, 1.54) is 38.0 Å². The number of nitrogens with one attached hydrogen (secondary N) is 1. The van der Waals surface area contributed by atoms with Crippen molar-refractivity contribution < 1.29 is 0 Å². The van der Waals surface area contributed by atoms with E-state index in [1.807, 2.05) is 0 Å². The number of hydrogen-bond donors (Lipinski definition) is 1. The van der Waals surface area contributed by atoms with E-state index in [2.05, 4.69) is 42.7 Å². The number of likely N-dealkylation sites (tertiary alicyclic amines) is 1. The first-order chi connectivity index (χ1) is 8.11. The second kappa shape index (κ2) is 7.85. The molecule has 0 spiro atoms. The predicted octanol–water partition coefficient (Wildman–Crippen LogP) is 1.43. The van der Waals surface area contributed by atoms with Gasteiger partial charge in [-0.2, -0.15) is 0 Å². The molecule has 0 amide bonds. The van der Waals surface area contributed by atoms with Gasteiger partial charge in [-0.25, -0.2) is 0 Å². The van der Waals surface area contributed by atoms with Gasteiger partial charge in [-0.3, -0.25) is 0 Å². The van der Waals surface area contributed by atoms with Gasteiger partial charge in [0.05, 0.1) is 0 Å². The van der Waals surface area contributed by atoms with Gasteiger partial charge in [-0.05, 0) is 58.1 Å². The van der Waals surface area contributed by atoms with E-state index in [0.29, 0.717) is 0 Å². The van der Waals surface area contributed by atoms with Gasteiger partial charge in [-0.15, -0.1) is 0 Å². The highest BCUT2D eigenvalue weighted by Crippen LogP contribution is 2.16. The SMILES string of the molecule is C=C(CNCC)CN(C)CC1CCN(C)CC1. The van der Waals surface area contributed by atoms with Crippen LogP contribution in [0.15, 0.2) is 12.2 Å². The van der Waals surface area contributed by atoms with E-state index in [-0.39, 0.29) is 0 Å². The Morgan fingerprint density at radius 3 is 2.65 bits per heavy atom. The molecule has 17 heavy (non-hydrogen) atoms. The zero-order valence-corrected chi connectivity index (χ0v) is 11.8. The van der Waals surface area contributed by atoms with Crippen LogP contribution in [0.2, 0.25) is 0 Å². The third-order valence-electron chi connectivity index (χ3n) is 3.53. The maximum absolute atomic E-state index is 4.12. The molecule has 1 heterocycles. The topological polar surface area (TPSA) is 18.5 Å². The van der Waals surface area contributed by atoms with Crippen LogP contribution in [-0.4, -0.2) is 63.2 Å². The van der Waals surface area contributed by atoms with E-state index in [0.717, 1.165) is 25.6 Å². The van der Waals surface area contributed by atoms with E-state index >= 15 is 0 Å². The van der Waals surface area contributed by atoms with Gasteiger partial charge < -0.3 is 15.1 Å². The van der Waals surface area contributed by atoms with Crippen molar-refractivity contribution in [1.29, 1.82) is 0 Å². The van der Waals surface area contributed by atoms with Gasteiger partial charge in [-0.1, -0.05) is 13.5 Å². The fourth-order valence-corrected chi connectivity index (χ4v) is 2.49. The largest absolute Gasteiger partial charge is 0.313 e. The third-order valence-corrected chi connectivity index (χ3v) is 3.53. The first kappa shape index (κ1) is 14.7. The molecule has 1 N–H and O–H groups in total. The quantitative estimate of drug-likeness (QED) is 0.678. The van der Waals surface area contributed by atoms with E-state index in [4.69, 9.17) is 0 Å². The molecule has 1 rings (SSSR count). The lowest BCUT2D eigenvalue weighted by Crippen LogP contribution is -2.36. The molecule has 1 saturated heterocycles. The van der Waals surface area contributed by atoms with Crippen molar-refractivity contribution in [2.24, 2.45) is 5.92 Å². The van der Waals surface area contributed by atoms with Crippen molar-refractivity contribution in [1.82, 2.24) is 15.1 Å². The molecule has 3 nitrogen and oxygen atoms in total. The van der Waals surface area contributed by atoms with Crippen LogP contribution in [0.4, 0.5) is 0 Å². The van der Waals surface area contributed by atoms with Crippen LogP contribution in [0.3, 0.4) is 0 Å². The summed E-state index contributed by atoms with van der Waals surface area (Å²) < 4.78 is 0. The summed E-state index contributed by atoms with van der Waals surface area (Å²) in [7, 11) is 4.44. The predicted molar refractivity (Wildman–Crippen MR) is 75.4 cm³/mol. The molecule has 0 bridgehead atoms. The summed E-state index contributed by atoms with van der Waals surface area (Å²) >= 11 is 0. The monoisotopic (exact) mass is 239 g/mol. The lowest BCUT2D eigenvalue weighted by Gasteiger charge is -2.31. The standard InChI is InChI=1S/C14H29N3/c1-5-15-10-13(2)11-17(4)12-14-6-8-16(3)9-7-14/h14-15H,2,5-12H2,1,3-4H3. The Morgan fingerprint density at radius 2 is 2.06 bits per heavy atom. The fourth-order valence-electron chi connectivity index (χ4n) is 2.49. The first-order valence-corrected chi connectivity index (χ1v) is 6.86. The number of rotatable bonds is 7. The van der Waals surface area contributed by atoms with Crippen LogP contribution >= 0.6 is 0 Å². The molecule has 1 aliphatic heterocycles. The molecular weight excluding hydrogens is 210 g/mol. The Bertz CT molecular complexity index is 220. The molecule has 0 saturated carbocycles. The fraction of sp³-hybridized carbons (Fsp3) is 0.857.